The molecule has 0 fully saturated rings. The van der Waals surface area contributed by atoms with Gasteiger partial charge in [-0.3, -0.25) is 9.98 Å². The van der Waals surface area contributed by atoms with Crippen LogP contribution in [-0.2, 0) is 0 Å². The molecule has 0 aliphatic heterocycles. The summed E-state index contributed by atoms with van der Waals surface area (Å²) >= 11 is 0. The third-order valence-corrected chi connectivity index (χ3v) is 4.33. The van der Waals surface area contributed by atoms with Crippen LogP contribution in [-0.4, -0.2) is 37.0 Å². The lowest BCUT2D eigenvalue weighted by Gasteiger charge is -2.12. The van der Waals surface area contributed by atoms with Gasteiger partial charge < -0.3 is 4.90 Å². The molecular formula is C27H37N3. The topological polar surface area (TPSA) is 28.0 Å². The van der Waals surface area contributed by atoms with Gasteiger partial charge in [0.25, 0.3) is 0 Å². The van der Waals surface area contributed by atoms with Gasteiger partial charge in [0.2, 0.25) is 0 Å². The molecule has 0 atom stereocenters. The number of likely N-dealkylation sites (N-methyl/N-ethyl adjacent to an activating group) is 1. The van der Waals surface area contributed by atoms with Crippen molar-refractivity contribution < 1.29 is 0 Å². The summed E-state index contributed by atoms with van der Waals surface area (Å²) in [6, 6.07) is 8.47. The maximum atomic E-state index is 5.01. The number of aryl methyl sites for hydroxylation is 1. The van der Waals surface area contributed by atoms with Crippen LogP contribution in [0.1, 0.15) is 45.7 Å². The normalized spacial score (nSPS) is 13.9. The third kappa shape index (κ3) is 9.15. The summed E-state index contributed by atoms with van der Waals surface area (Å²) in [6.07, 6.45) is 10.1. The molecule has 1 rings (SSSR count). The molecule has 0 saturated heterocycles. The van der Waals surface area contributed by atoms with Gasteiger partial charge in [0.1, 0.15) is 0 Å². The molecule has 160 valence electrons. The lowest BCUT2D eigenvalue weighted by molar-refractivity contribution is 0.449. The van der Waals surface area contributed by atoms with Crippen molar-refractivity contribution in [3.8, 4) is 0 Å². The first-order chi connectivity index (χ1) is 14.1. The first kappa shape index (κ1) is 25.3. The van der Waals surface area contributed by atoms with E-state index in [0.29, 0.717) is 0 Å². The Morgan fingerprint density at radius 1 is 1.03 bits per heavy atom. The highest BCUT2D eigenvalue weighted by Crippen LogP contribution is 2.26. The minimum Gasteiger partial charge on any atom is -0.305 e. The SMILES string of the molecule is C=C(/C=C\N=C(C)C)/C(C)=C(/N=C(C)/C=C(\C=C/C)CN(C)C)c1ccc(C)cc1. The molecule has 0 aliphatic carbocycles. The van der Waals surface area contributed by atoms with Crippen molar-refractivity contribution in [2.75, 3.05) is 20.6 Å². The second-order valence-corrected chi connectivity index (χ2v) is 7.97. The van der Waals surface area contributed by atoms with Crippen LogP contribution in [0.3, 0.4) is 0 Å². The Bertz CT molecular complexity index is 898. The zero-order chi connectivity index (χ0) is 22.7. The lowest BCUT2D eigenvalue weighted by Crippen LogP contribution is -2.14. The van der Waals surface area contributed by atoms with Gasteiger partial charge in [-0.1, -0.05) is 48.6 Å². The number of aliphatic imine (C=N–C) groups is 2. The van der Waals surface area contributed by atoms with E-state index in [4.69, 9.17) is 4.99 Å². The monoisotopic (exact) mass is 403 g/mol. The van der Waals surface area contributed by atoms with E-state index >= 15 is 0 Å². The van der Waals surface area contributed by atoms with Crippen LogP contribution in [0.25, 0.3) is 5.70 Å². The second-order valence-electron chi connectivity index (χ2n) is 7.97. The molecule has 0 aliphatic rings. The van der Waals surface area contributed by atoms with Crippen molar-refractivity contribution >= 4 is 17.1 Å². The Morgan fingerprint density at radius 3 is 2.20 bits per heavy atom. The Kier molecular flexibility index (Phi) is 10.7. The van der Waals surface area contributed by atoms with Crippen LogP contribution < -0.4 is 0 Å². The molecule has 0 amide bonds. The fourth-order valence-corrected chi connectivity index (χ4v) is 2.83. The Labute approximate surface area is 183 Å². The van der Waals surface area contributed by atoms with Crippen molar-refractivity contribution in [1.82, 2.24) is 4.90 Å². The highest BCUT2D eigenvalue weighted by molar-refractivity contribution is 5.98. The molecule has 0 unspecified atom stereocenters. The second kappa shape index (κ2) is 12.7. The van der Waals surface area contributed by atoms with E-state index in [-0.39, 0.29) is 0 Å². The number of hydrogen-bond acceptors (Lipinski definition) is 3. The molecule has 0 saturated carbocycles. The van der Waals surface area contributed by atoms with Gasteiger partial charge in [-0.15, -0.1) is 0 Å². The molecule has 0 N–H and O–H groups in total. The first-order valence-corrected chi connectivity index (χ1v) is 10.3. The van der Waals surface area contributed by atoms with Crippen molar-refractivity contribution in [2.24, 2.45) is 9.98 Å². The molecule has 0 bridgehead atoms. The summed E-state index contributed by atoms with van der Waals surface area (Å²) in [6.45, 7) is 17.3. The smallest absolute Gasteiger partial charge is 0.0740 e. The number of allylic oxidation sites excluding steroid dienone is 5. The van der Waals surface area contributed by atoms with Gasteiger partial charge in [-0.2, -0.15) is 0 Å². The molecular weight excluding hydrogens is 366 g/mol. The number of nitrogens with zero attached hydrogens (tertiary/aromatic N) is 3. The van der Waals surface area contributed by atoms with E-state index in [2.05, 4.69) is 86.9 Å². The summed E-state index contributed by atoms with van der Waals surface area (Å²) in [5.41, 5.74) is 8.36. The average molecular weight is 404 g/mol. The van der Waals surface area contributed by atoms with Crippen LogP contribution in [0, 0.1) is 6.92 Å². The molecule has 0 aromatic heterocycles. The number of hydrogen-bond donors (Lipinski definition) is 0. The molecule has 3 nitrogen and oxygen atoms in total. The fraction of sp³-hybridized carbons (Fsp3) is 0.333. The predicted octanol–water partition coefficient (Wildman–Crippen LogP) is 6.80. The minimum atomic E-state index is 0.865. The minimum absolute atomic E-state index is 0.865. The summed E-state index contributed by atoms with van der Waals surface area (Å²) in [7, 11) is 4.14. The van der Waals surface area contributed by atoms with Crippen molar-refractivity contribution in [3.05, 3.63) is 89.2 Å². The van der Waals surface area contributed by atoms with Crippen LogP contribution >= 0.6 is 0 Å². The van der Waals surface area contributed by atoms with Gasteiger partial charge in [-0.05, 0) is 84.5 Å². The first-order valence-electron chi connectivity index (χ1n) is 10.3. The number of rotatable bonds is 9. The highest BCUT2D eigenvalue weighted by atomic mass is 15.0. The average Bonchev–Trinajstić information content (AvgIpc) is 2.65. The summed E-state index contributed by atoms with van der Waals surface area (Å²) in [5.74, 6) is 0. The lowest BCUT2D eigenvalue weighted by atomic mass is 10.0. The number of benzene rings is 1. The Hall–Kier alpha value is -2.78. The molecule has 0 heterocycles. The van der Waals surface area contributed by atoms with Gasteiger partial charge >= 0.3 is 0 Å². The molecule has 1 aromatic rings. The van der Waals surface area contributed by atoms with Crippen LogP contribution in [0.4, 0.5) is 0 Å². The zero-order valence-corrected chi connectivity index (χ0v) is 20.0. The van der Waals surface area contributed by atoms with E-state index in [0.717, 1.165) is 40.4 Å². The van der Waals surface area contributed by atoms with Crippen molar-refractivity contribution in [3.63, 3.8) is 0 Å². The Morgan fingerprint density at radius 2 is 1.67 bits per heavy atom. The quantitative estimate of drug-likeness (QED) is 0.329. The van der Waals surface area contributed by atoms with E-state index < -0.39 is 0 Å². The maximum absolute atomic E-state index is 5.01. The molecule has 30 heavy (non-hydrogen) atoms. The molecule has 0 radical (unpaired) electrons. The Balaban J connectivity index is 3.48. The van der Waals surface area contributed by atoms with E-state index in [1.54, 1.807) is 6.20 Å². The fourth-order valence-electron chi connectivity index (χ4n) is 2.83. The highest BCUT2D eigenvalue weighted by Gasteiger charge is 2.08. The van der Waals surface area contributed by atoms with E-state index in [1.807, 2.05) is 33.8 Å². The summed E-state index contributed by atoms with van der Waals surface area (Å²) in [4.78, 5) is 11.5. The van der Waals surface area contributed by atoms with Crippen molar-refractivity contribution in [1.29, 1.82) is 0 Å². The summed E-state index contributed by atoms with van der Waals surface area (Å²) < 4.78 is 0. The van der Waals surface area contributed by atoms with E-state index in [1.165, 1.54) is 11.1 Å². The maximum Gasteiger partial charge on any atom is 0.0740 e. The van der Waals surface area contributed by atoms with Gasteiger partial charge in [0.15, 0.2) is 0 Å². The standard InChI is InChI=1S/C27H37N3/c1-10-11-25(19-30(8)9)18-23(6)29-27(26-14-12-21(4)13-15-26)24(7)22(5)16-17-28-20(2)3/h10-18H,5,19H2,1-4,6-9H3/b11-10-,17-16-,25-18+,27-24+,29-23+. The van der Waals surface area contributed by atoms with Gasteiger partial charge in [0, 0.05) is 29.7 Å². The largest absolute Gasteiger partial charge is 0.305 e. The zero-order valence-electron chi connectivity index (χ0n) is 20.0. The molecule has 3 heteroatoms. The van der Waals surface area contributed by atoms with Crippen molar-refractivity contribution in [2.45, 2.75) is 41.5 Å². The third-order valence-electron chi connectivity index (χ3n) is 4.33. The predicted molar refractivity (Wildman–Crippen MR) is 135 cm³/mol. The van der Waals surface area contributed by atoms with Gasteiger partial charge in [-0.25, -0.2) is 0 Å². The summed E-state index contributed by atoms with van der Waals surface area (Å²) in [5, 5.41) is 0. The van der Waals surface area contributed by atoms with Crippen LogP contribution in [0.5, 0.6) is 0 Å². The van der Waals surface area contributed by atoms with Crippen LogP contribution in [0.2, 0.25) is 0 Å². The molecule has 1 aromatic carbocycles. The molecule has 0 spiro atoms. The van der Waals surface area contributed by atoms with Gasteiger partial charge in [0.05, 0.1) is 5.70 Å². The van der Waals surface area contributed by atoms with E-state index in [9.17, 15) is 0 Å². The van der Waals surface area contributed by atoms with Crippen LogP contribution in [0.15, 0.2) is 88.1 Å².